The van der Waals surface area contributed by atoms with E-state index >= 15 is 0 Å². The van der Waals surface area contributed by atoms with Crippen molar-refractivity contribution < 1.29 is 4.79 Å². The lowest BCUT2D eigenvalue weighted by Crippen LogP contribution is -2.60. The average Bonchev–Trinajstić information content (AvgIpc) is 2.19. The van der Waals surface area contributed by atoms with E-state index in [0.717, 1.165) is 31.6 Å². The number of nitrogens with one attached hydrogen (secondary N) is 2. The third-order valence-electron chi connectivity index (χ3n) is 3.49. The Balaban J connectivity index is 2.54. The SMILES string of the molecule is CC1CCC(CN)(NC(=O)NC(C)(C)C)CC1. The maximum absolute atomic E-state index is 11.9. The molecule has 100 valence electrons. The molecular weight excluding hydrogens is 214 g/mol. The van der Waals surface area contributed by atoms with Crippen LogP contribution >= 0.6 is 0 Å². The molecule has 2 amide bonds. The molecule has 1 fully saturated rings. The quantitative estimate of drug-likeness (QED) is 0.692. The first-order valence-electron chi connectivity index (χ1n) is 6.57. The van der Waals surface area contributed by atoms with E-state index in [4.69, 9.17) is 5.73 Å². The molecule has 1 saturated carbocycles. The van der Waals surface area contributed by atoms with E-state index in [1.807, 2.05) is 20.8 Å². The lowest BCUT2D eigenvalue weighted by Gasteiger charge is -2.40. The van der Waals surface area contributed by atoms with Crippen LogP contribution in [-0.4, -0.2) is 23.7 Å². The molecule has 0 aliphatic heterocycles. The Bertz CT molecular complexity index is 262. The first kappa shape index (κ1) is 14.3. The van der Waals surface area contributed by atoms with Crippen LogP contribution in [0.25, 0.3) is 0 Å². The van der Waals surface area contributed by atoms with Crippen LogP contribution in [0.3, 0.4) is 0 Å². The van der Waals surface area contributed by atoms with Crippen molar-refractivity contribution in [1.29, 1.82) is 0 Å². The fraction of sp³-hybridized carbons (Fsp3) is 0.923. The van der Waals surface area contributed by atoms with Crippen LogP contribution < -0.4 is 16.4 Å². The molecule has 0 aromatic carbocycles. The van der Waals surface area contributed by atoms with Crippen molar-refractivity contribution in [3.63, 3.8) is 0 Å². The van der Waals surface area contributed by atoms with Crippen molar-refractivity contribution in [1.82, 2.24) is 10.6 Å². The number of rotatable bonds is 2. The van der Waals surface area contributed by atoms with Gasteiger partial charge in [0.1, 0.15) is 0 Å². The molecule has 1 aliphatic carbocycles. The van der Waals surface area contributed by atoms with Gasteiger partial charge >= 0.3 is 6.03 Å². The molecule has 0 saturated heterocycles. The van der Waals surface area contributed by atoms with Crippen LogP contribution in [0.4, 0.5) is 4.79 Å². The fourth-order valence-electron chi connectivity index (χ4n) is 2.31. The molecule has 4 N–H and O–H groups in total. The highest BCUT2D eigenvalue weighted by atomic mass is 16.2. The Hall–Kier alpha value is -0.770. The van der Waals surface area contributed by atoms with E-state index in [2.05, 4.69) is 17.6 Å². The van der Waals surface area contributed by atoms with Crippen molar-refractivity contribution in [2.24, 2.45) is 11.7 Å². The van der Waals surface area contributed by atoms with Gasteiger partial charge in [-0.3, -0.25) is 0 Å². The van der Waals surface area contributed by atoms with E-state index in [-0.39, 0.29) is 17.1 Å². The second-order valence-electron chi connectivity index (χ2n) is 6.50. The summed E-state index contributed by atoms with van der Waals surface area (Å²) in [5.41, 5.74) is 5.45. The summed E-state index contributed by atoms with van der Waals surface area (Å²) < 4.78 is 0. The summed E-state index contributed by atoms with van der Waals surface area (Å²) in [4.78, 5) is 11.9. The molecule has 0 aromatic rings. The first-order chi connectivity index (χ1) is 7.76. The molecule has 4 nitrogen and oxygen atoms in total. The predicted octanol–water partition coefficient (Wildman–Crippen LogP) is 1.99. The third kappa shape index (κ3) is 4.54. The topological polar surface area (TPSA) is 67.1 Å². The molecule has 17 heavy (non-hydrogen) atoms. The van der Waals surface area contributed by atoms with Gasteiger partial charge in [-0.15, -0.1) is 0 Å². The van der Waals surface area contributed by atoms with Crippen molar-refractivity contribution in [3.8, 4) is 0 Å². The number of carbonyl (C=O) groups is 1. The van der Waals surface area contributed by atoms with Crippen molar-refractivity contribution >= 4 is 6.03 Å². The molecule has 0 aromatic heterocycles. The van der Waals surface area contributed by atoms with Gasteiger partial charge in [0.05, 0.1) is 5.54 Å². The zero-order chi connectivity index (χ0) is 13.1. The molecule has 1 rings (SSSR count). The summed E-state index contributed by atoms with van der Waals surface area (Å²) in [6, 6.07) is -0.0995. The van der Waals surface area contributed by atoms with Crippen LogP contribution in [0.1, 0.15) is 53.4 Å². The van der Waals surface area contributed by atoms with Gasteiger partial charge in [-0.2, -0.15) is 0 Å². The summed E-state index contributed by atoms with van der Waals surface area (Å²) in [6.07, 6.45) is 4.27. The van der Waals surface area contributed by atoms with Gasteiger partial charge in [0.2, 0.25) is 0 Å². The fourth-order valence-corrected chi connectivity index (χ4v) is 2.31. The minimum absolute atomic E-state index is 0.0995. The van der Waals surface area contributed by atoms with Gasteiger partial charge in [-0.1, -0.05) is 6.92 Å². The number of hydrogen-bond donors (Lipinski definition) is 3. The van der Waals surface area contributed by atoms with Crippen LogP contribution in [0.2, 0.25) is 0 Å². The Labute approximate surface area is 105 Å². The minimum Gasteiger partial charge on any atom is -0.334 e. The summed E-state index contributed by atoms with van der Waals surface area (Å²) in [5.74, 6) is 0.752. The zero-order valence-corrected chi connectivity index (χ0v) is 11.6. The van der Waals surface area contributed by atoms with Gasteiger partial charge in [-0.25, -0.2) is 4.79 Å². The van der Waals surface area contributed by atoms with Gasteiger partial charge in [0.15, 0.2) is 0 Å². The maximum atomic E-state index is 11.9. The zero-order valence-electron chi connectivity index (χ0n) is 11.6. The molecule has 0 spiro atoms. The van der Waals surface area contributed by atoms with Crippen LogP contribution in [-0.2, 0) is 0 Å². The van der Waals surface area contributed by atoms with Gasteiger partial charge in [-0.05, 0) is 52.4 Å². The van der Waals surface area contributed by atoms with E-state index in [9.17, 15) is 4.79 Å². The summed E-state index contributed by atoms with van der Waals surface area (Å²) in [7, 11) is 0. The summed E-state index contributed by atoms with van der Waals surface area (Å²) >= 11 is 0. The van der Waals surface area contributed by atoms with Crippen molar-refractivity contribution in [2.75, 3.05) is 6.54 Å². The van der Waals surface area contributed by atoms with Crippen LogP contribution in [0, 0.1) is 5.92 Å². The second-order valence-corrected chi connectivity index (χ2v) is 6.50. The Morgan fingerprint density at radius 3 is 2.29 bits per heavy atom. The normalized spacial score (nSPS) is 29.8. The number of amides is 2. The number of urea groups is 1. The van der Waals surface area contributed by atoms with Crippen molar-refractivity contribution in [2.45, 2.75) is 64.5 Å². The highest BCUT2D eigenvalue weighted by molar-refractivity contribution is 5.75. The summed E-state index contributed by atoms with van der Waals surface area (Å²) in [5, 5.41) is 6.02. The average molecular weight is 241 g/mol. The van der Waals surface area contributed by atoms with Gasteiger partial charge in [0.25, 0.3) is 0 Å². The van der Waals surface area contributed by atoms with E-state index in [0.29, 0.717) is 6.54 Å². The molecular formula is C13H27N3O. The van der Waals surface area contributed by atoms with Crippen molar-refractivity contribution in [3.05, 3.63) is 0 Å². The Morgan fingerprint density at radius 1 is 1.35 bits per heavy atom. The Morgan fingerprint density at radius 2 is 1.88 bits per heavy atom. The van der Waals surface area contributed by atoms with Crippen LogP contribution in [0.15, 0.2) is 0 Å². The standard InChI is InChI=1S/C13H27N3O/c1-10-5-7-13(9-14,8-6-10)16-11(17)15-12(2,3)4/h10H,5-9,14H2,1-4H3,(H2,15,16,17). The maximum Gasteiger partial charge on any atom is 0.315 e. The molecule has 0 unspecified atom stereocenters. The van der Waals surface area contributed by atoms with Gasteiger partial charge in [0, 0.05) is 12.1 Å². The second kappa shape index (κ2) is 5.25. The predicted molar refractivity (Wildman–Crippen MR) is 70.8 cm³/mol. The molecule has 1 aliphatic rings. The van der Waals surface area contributed by atoms with Gasteiger partial charge < -0.3 is 16.4 Å². The molecule has 0 heterocycles. The molecule has 0 bridgehead atoms. The molecule has 4 heteroatoms. The smallest absolute Gasteiger partial charge is 0.315 e. The lowest BCUT2D eigenvalue weighted by atomic mass is 9.77. The number of carbonyl (C=O) groups excluding carboxylic acids is 1. The number of hydrogen-bond acceptors (Lipinski definition) is 2. The summed E-state index contributed by atoms with van der Waals surface area (Å²) in [6.45, 7) is 8.72. The van der Waals surface area contributed by atoms with Crippen LogP contribution in [0.5, 0.6) is 0 Å². The highest BCUT2D eigenvalue weighted by Crippen LogP contribution is 2.31. The first-order valence-corrected chi connectivity index (χ1v) is 6.57. The molecule has 0 radical (unpaired) electrons. The number of nitrogens with two attached hydrogens (primary N) is 1. The van der Waals surface area contributed by atoms with E-state index in [1.54, 1.807) is 0 Å². The monoisotopic (exact) mass is 241 g/mol. The molecule has 0 atom stereocenters. The third-order valence-corrected chi connectivity index (χ3v) is 3.49. The largest absolute Gasteiger partial charge is 0.334 e. The Kier molecular flexibility index (Phi) is 4.42. The van der Waals surface area contributed by atoms with E-state index in [1.165, 1.54) is 0 Å². The highest BCUT2D eigenvalue weighted by Gasteiger charge is 2.34. The lowest BCUT2D eigenvalue weighted by molar-refractivity contribution is 0.184. The minimum atomic E-state index is -0.207. The van der Waals surface area contributed by atoms with E-state index < -0.39 is 0 Å².